The molecule has 2 aliphatic rings. The lowest BCUT2D eigenvalue weighted by Crippen LogP contribution is -2.26. The van der Waals surface area contributed by atoms with Gasteiger partial charge in [-0.15, -0.1) is 0 Å². The van der Waals surface area contributed by atoms with E-state index in [0.717, 1.165) is 11.8 Å². The maximum Gasteiger partial charge on any atom is -0.0105 e. The summed E-state index contributed by atoms with van der Waals surface area (Å²) in [5.74, 6) is 1.68. The third kappa shape index (κ3) is 1.91. The lowest BCUT2D eigenvalue weighted by Gasteiger charge is -2.39. The van der Waals surface area contributed by atoms with Crippen LogP contribution in [0.5, 0.6) is 0 Å². The minimum atomic E-state index is 0.801. The summed E-state index contributed by atoms with van der Waals surface area (Å²) in [7, 11) is 0. The Hall–Kier alpha value is -0.520. The number of allylic oxidation sites excluding steroid dienone is 3. The van der Waals surface area contributed by atoms with Crippen LogP contribution < -0.4 is 0 Å². The Kier molecular flexibility index (Phi) is 3.33. The van der Waals surface area contributed by atoms with Gasteiger partial charge in [-0.3, -0.25) is 0 Å². The molecule has 0 N–H and O–H groups in total. The van der Waals surface area contributed by atoms with Gasteiger partial charge in [-0.05, 0) is 50.4 Å². The zero-order valence-electron chi connectivity index (χ0n) is 10.3. The third-order valence-electron chi connectivity index (χ3n) is 4.43. The van der Waals surface area contributed by atoms with Gasteiger partial charge in [0.25, 0.3) is 0 Å². The van der Waals surface area contributed by atoms with E-state index in [-0.39, 0.29) is 0 Å². The molecule has 2 aliphatic carbocycles. The minimum absolute atomic E-state index is 0.801. The predicted molar refractivity (Wildman–Crippen MR) is 66.8 cm³/mol. The molecule has 2 atom stereocenters. The van der Waals surface area contributed by atoms with Crippen LogP contribution in [0.25, 0.3) is 0 Å². The first-order valence-electron chi connectivity index (χ1n) is 6.66. The van der Waals surface area contributed by atoms with Gasteiger partial charge in [-0.25, -0.2) is 0 Å². The first-order valence-corrected chi connectivity index (χ1v) is 6.66. The average molecular weight is 204 g/mol. The Balaban J connectivity index is 2.31. The van der Waals surface area contributed by atoms with Gasteiger partial charge in [0.2, 0.25) is 0 Å². The van der Waals surface area contributed by atoms with Crippen LogP contribution >= 0.6 is 0 Å². The van der Waals surface area contributed by atoms with E-state index < -0.39 is 0 Å². The number of rotatable bonds is 2. The van der Waals surface area contributed by atoms with Gasteiger partial charge in [-0.2, -0.15) is 0 Å². The van der Waals surface area contributed by atoms with Crippen molar-refractivity contribution in [3.8, 4) is 0 Å². The molecular weight excluding hydrogens is 180 g/mol. The Labute approximate surface area is 94.5 Å². The van der Waals surface area contributed by atoms with E-state index in [1.54, 1.807) is 5.57 Å². The van der Waals surface area contributed by atoms with Gasteiger partial charge < -0.3 is 0 Å². The van der Waals surface area contributed by atoms with Gasteiger partial charge in [0.1, 0.15) is 0 Å². The molecular formula is C15H24. The normalized spacial score (nSPS) is 31.7. The highest BCUT2D eigenvalue weighted by atomic mass is 14.4. The molecule has 1 fully saturated rings. The molecule has 0 spiro atoms. The molecule has 0 aromatic carbocycles. The first kappa shape index (κ1) is 11.0. The highest BCUT2D eigenvalue weighted by molar-refractivity contribution is 5.31. The molecule has 84 valence electrons. The molecule has 0 aromatic heterocycles. The van der Waals surface area contributed by atoms with E-state index in [1.807, 2.05) is 5.57 Å². The number of hydrogen-bond donors (Lipinski definition) is 0. The molecule has 0 aromatic rings. The first-order chi connectivity index (χ1) is 7.27. The quantitative estimate of drug-likeness (QED) is 0.563. The van der Waals surface area contributed by atoms with Crippen LogP contribution in [0.4, 0.5) is 0 Å². The van der Waals surface area contributed by atoms with Crippen molar-refractivity contribution in [3.05, 3.63) is 23.3 Å². The predicted octanol–water partition coefficient (Wildman–Crippen LogP) is 4.87. The van der Waals surface area contributed by atoms with E-state index >= 15 is 0 Å². The summed E-state index contributed by atoms with van der Waals surface area (Å²) in [4.78, 5) is 0. The summed E-state index contributed by atoms with van der Waals surface area (Å²) in [6, 6.07) is 0. The van der Waals surface area contributed by atoms with Crippen LogP contribution in [0.3, 0.4) is 0 Å². The molecule has 0 aliphatic heterocycles. The van der Waals surface area contributed by atoms with Gasteiger partial charge in [0, 0.05) is 0 Å². The largest absolute Gasteiger partial charge is 0.0992 e. The van der Waals surface area contributed by atoms with Crippen molar-refractivity contribution in [2.45, 2.75) is 58.8 Å². The van der Waals surface area contributed by atoms with Crippen LogP contribution in [-0.4, -0.2) is 0 Å². The second-order valence-electron chi connectivity index (χ2n) is 5.18. The summed E-state index contributed by atoms with van der Waals surface area (Å²) >= 11 is 0. The Morgan fingerprint density at radius 1 is 1.27 bits per heavy atom. The molecule has 0 unspecified atom stereocenters. The lowest BCUT2D eigenvalue weighted by atomic mass is 9.66. The van der Waals surface area contributed by atoms with Gasteiger partial charge in [0.15, 0.2) is 0 Å². The van der Waals surface area contributed by atoms with Gasteiger partial charge in [0.05, 0.1) is 0 Å². The van der Waals surface area contributed by atoms with E-state index in [9.17, 15) is 0 Å². The lowest BCUT2D eigenvalue weighted by molar-refractivity contribution is 0.322. The van der Waals surface area contributed by atoms with Crippen molar-refractivity contribution < 1.29 is 0 Å². The van der Waals surface area contributed by atoms with Crippen molar-refractivity contribution in [2.24, 2.45) is 11.8 Å². The van der Waals surface area contributed by atoms with Gasteiger partial charge >= 0.3 is 0 Å². The molecule has 0 saturated heterocycles. The fourth-order valence-corrected chi connectivity index (χ4v) is 3.65. The smallest absolute Gasteiger partial charge is 0.0105 e. The Morgan fingerprint density at radius 3 is 2.73 bits per heavy atom. The second-order valence-corrected chi connectivity index (χ2v) is 5.18. The van der Waals surface area contributed by atoms with Gasteiger partial charge in [-0.1, -0.05) is 43.6 Å². The van der Waals surface area contributed by atoms with Crippen molar-refractivity contribution in [2.75, 3.05) is 0 Å². The molecule has 0 bridgehead atoms. The highest BCUT2D eigenvalue weighted by Crippen LogP contribution is 2.47. The van der Waals surface area contributed by atoms with Crippen molar-refractivity contribution in [1.29, 1.82) is 0 Å². The van der Waals surface area contributed by atoms with E-state index in [2.05, 4.69) is 20.4 Å². The van der Waals surface area contributed by atoms with E-state index in [4.69, 9.17) is 0 Å². The Morgan fingerprint density at radius 2 is 2.07 bits per heavy atom. The fourth-order valence-electron chi connectivity index (χ4n) is 3.65. The third-order valence-corrected chi connectivity index (χ3v) is 4.43. The molecule has 0 heteroatoms. The monoisotopic (exact) mass is 204 g/mol. The SMILES string of the molecule is C=C1CC(CC)=C2CCCC[C@@H]2[C@@H]1CC. The fraction of sp³-hybridized carbons (Fsp3) is 0.733. The highest BCUT2D eigenvalue weighted by Gasteiger charge is 2.33. The molecule has 0 radical (unpaired) electrons. The molecule has 2 rings (SSSR count). The van der Waals surface area contributed by atoms with Crippen molar-refractivity contribution >= 4 is 0 Å². The van der Waals surface area contributed by atoms with Crippen molar-refractivity contribution in [3.63, 3.8) is 0 Å². The molecule has 0 heterocycles. The summed E-state index contributed by atoms with van der Waals surface area (Å²) in [5, 5.41) is 0. The zero-order valence-corrected chi connectivity index (χ0v) is 10.3. The van der Waals surface area contributed by atoms with E-state index in [1.165, 1.54) is 50.5 Å². The average Bonchev–Trinajstić information content (AvgIpc) is 2.28. The summed E-state index contributed by atoms with van der Waals surface area (Å²) in [5.41, 5.74) is 5.09. The summed E-state index contributed by atoms with van der Waals surface area (Å²) < 4.78 is 0. The summed E-state index contributed by atoms with van der Waals surface area (Å²) in [6.45, 7) is 8.97. The Bertz CT molecular complexity index is 282. The molecule has 1 saturated carbocycles. The minimum Gasteiger partial charge on any atom is -0.0992 e. The van der Waals surface area contributed by atoms with Crippen LogP contribution in [0, 0.1) is 11.8 Å². The van der Waals surface area contributed by atoms with Crippen LogP contribution in [-0.2, 0) is 0 Å². The standard InChI is InChI=1S/C15H24/c1-4-12-10-11(3)13(5-2)15-9-7-6-8-14(12)15/h13,15H,3-10H2,1-2H3/t13-,15-/m1/s1. The zero-order chi connectivity index (χ0) is 10.8. The molecule has 0 nitrogen and oxygen atoms in total. The van der Waals surface area contributed by atoms with Crippen LogP contribution in [0.15, 0.2) is 23.3 Å². The maximum absolute atomic E-state index is 4.32. The summed E-state index contributed by atoms with van der Waals surface area (Å²) in [6.07, 6.45) is 9.44. The molecule has 0 amide bonds. The van der Waals surface area contributed by atoms with Crippen LogP contribution in [0.2, 0.25) is 0 Å². The second kappa shape index (κ2) is 4.55. The maximum atomic E-state index is 4.32. The molecule has 15 heavy (non-hydrogen) atoms. The number of fused-ring (bicyclic) bond motifs is 1. The van der Waals surface area contributed by atoms with Crippen LogP contribution in [0.1, 0.15) is 58.8 Å². The van der Waals surface area contributed by atoms with E-state index in [0.29, 0.717) is 0 Å². The van der Waals surface area contributed by atoms with Crippen molar-refractivity contribution in [1.82, 2.24) is 0 Å². The number of hydrogen-bond acceptors (Lipinski definition) is 0. The topological polar surface area (TPSA) is 0 Å².